The Morgan fingerprint density at radius 1 is 1.04 bits per heavy atom. The highest BCUT2D eigenvalue weighted by Gasteiger charge is 2.26. The third kappa shape index (κ3) is 1.89. The molecule has 0 spiro atoms. The van der Waals surface area contributed by atoms with Gasteiger partial charge in [0.1, 0.15) is 0 Å². The molecule has 2 aliphatic rings. The largest absolute Gasteiger partial charge is 0.493 e. The second-order valence-corrected chi connectivity index (χ2v) is 6.39. The molecule has 0 aromatic heterocycles. The Morgan fingerprint density at radius 3 is 2.58 bits per heavy atom. The Bertz CT molecular complexity index is 1080. The van der Waals surface area contributed by atoms with Crippen molar-refractivity contribution in [1.82, 2.24) is 0 Å². The van der Waals surface area contributed by atoms with Crippen molar-refractivity contribution < 1.29 is 23.7 Å². The van der Waals surface area contributed by atoms with E-state index in [9.17, 15) is 4.79 Å². The van der Waals surface area contributed by atoms with Crippen LogP contribution in [0.4, 0.5) is 5.69 Å². The average Bonchev–Trinajstić information content (AvgIpc) is 3.13. The zero-order valence-corrected chi connectivity index (χ0v) is 14.5. The Hall–Kier alpha value is -3.15. The smallest absolute Gasteiger partial charge is 0.231 e. The van der Waals surface area contributed by atoms with E-state index < -0.39 is 0 Å². The molecular formula is C20H17NO5. The third-order valence-corrected chi connectivity index (χ3v) is 5.17. The number of rotatable bonds is 3. The van der Waals surface area contributed by atoms with Gasteiger partial charge in [0.05, 0.1) is 19.9 Å². The molecule has 0 unspecified atom stereocenters. The van der Waals surface area contributed by atoms with Gasteiger partial charge >= 0.3 is 0 Å². The van der Waals surface area contributed by atoms with Crippen LogP contribution in [0.15, 0.2) is 24.3 Å². The standard InChI is InChI=1S/C20H17NO5/c1-23-17-6-11-3-4-21(9-22)14-5-12-7-15-16(26-10-25-15)8-13(12)19(18(11)14)20(17)24-2/h5-9H,3-4,10H2,1-2H3. The van der Waals surface area contributed by atoms with Crippen molar-refractivity contribution in [3.8, 4) is 23.0 Å². The molecule has 132 valence electrons. The fourth-order valence-corrected chi connectivity index (χ4v) is 4.00. The van der Waals surface area contributed by atoms with E-state index in [4.69, 9.17) is 18.9 Å². The maximum Gasteiger partial charge on any atom is 0.231 e. The monoisotopic (exact) mass is 351 g/mol. The third-order valence-electron chi connectivity index (χ3n) is 5.17. The van der Waals surface area contributed by atoms with Gasteiger partial charge in [0.15, 0.2) is 23.0 Å². The lowest BCUT2D eigenvalue weighted by Crippen LogP contribution is -2.27. The molecule has 6 nitrogen and oxygen atoms in total. The van der Waals surface area contributed by atoms with Crippen LogP contribution in [-0.4, -0.2) is 34.0 Å². The number of benzene rings is 3. The summed E-state index contributed by atoms with van der Waals surface area (Å²) in [4.78, 5) is 13.4. The lowest BCUT2D eigenvalue weighted by Gasteiger charge is -2.28. The van der Waals surface area contributed by atoms with Gasteiger partial charge in [-0.2, -0.15) is 0 Å². The van der Waals surface area contributed by atoms with Gasteiger partial charge in [0.2, 0.25) is 13.2 Å². The van der Waals surface area contributed by atoms with Crippen LogP contribution in [0.3, 0.4) is 0 Å². The minimum absolute atomic E-state index is 0.211. The zero-order chi connectivity index (χ0) is 17.8. The molecule has 0 N–H and O–H groups in total. The van der Waals surface area contributed by atoms with E-state index in [-0.39, 0.29) is 6.79 Å². The van der Waals surface area contributed by atoms with E-state index in [1.165, 1.54) is 0 Å². The lowest BCUT2D eigenvalue weighted by molar-refractivity contribution is -0.107. The van der Waals surface area contributed by atoms with Crippen molar-refractivity contribution >= 4 is 33.6 Å². The van der Waals surface area contributed by atoms with Crippen LogP contribution >= 0.6 is 0 Å². The van der Waals surface area contributed by atoms with E-state index >= 15 is 0 Å². The first-order chi connectivity index (χ1) is 12.7. The molecule has 2 heterocycles. The van der Waals surface area contributed by atoms with Gasteiger partial charge in [-0.05, 0) is 47.0 Å². The Morgan fingerprint density at radius 2 is 1.85 bits per heavy atom. The predicted octanol–water partition coefficient (Wildman–Crippen LogP) is 3.26. The first-order valence-corrected chi connectivity index (χ1v) is 8.41. The topological polar surface area (TPSA) is 57.2 Å². The number of ether oxygens (including phenoxy) is 4. The minimum Gasteiger partial charge on any atom is -0.493 e. The molecule has 0 atom stereocenters. The van der Waals surface area contributed by atoms with E-state index in [0.29, 0.717) is 29.5 Å². The molecular weight excluding hydrogens is 334 g/mol. The second-order valence-electron chi connectivity index (χ2n) is 6.39. The number of nitrogens with zero attached hydrogens (tertiary/aromatic N) is 1. The quantitative estimate of drug-likeness (QED) is 0.535. The summed E-state index contributed by atoms with van der Waals surface area (Å²) in [5.74, 6) is 2.76. The van der Waals surface area contributed by atoms with Gasteiger partial charge in [0.25, 0.3) is 0 Å². The second kappa shape index (κ2) is 5.42. The average molecular weight is 351 g/mol. The number of carbonyl (C=O) groups excluding carboxylic acids is 1. The molecule has 6 heteroatoms. The molecule has 2 aliphatic heterocycles. The number of anilines is 1. The van der Waals surface area contributed by atoms with Crippen molar-refractivity contribution in [3.05, 3.63) is 29.8 Å². The highest BCUT2D eigenvalue weighted by Crippen LogP contribution is 2.49. The molecule has 3 aromatic rings. The number of methoxy groups -OCH3 is 2. The van der Waals surface area contributed by atoms with Crippen LogP contribution in [0.25, 0.3) is 21.5 Å². The van der Waals surface area contributed by atoms with Crippen LogP contribution in [0, 0.1) is 0 Å². The molecule has 0 aliphatic carbocycles. The molecule has 0 saturated carbocycles. The highest BCUT2D eigenvalue weighted by atomic mass is 16.7. The molecule has 0 fully saturated rings. The van der Waals surface area contributed by atoms with Crippen molar-refractivity contribution in [3.63, 3.8) is 0 Å². The number of carbonyl (C=O) groups is 1. The van der Waals surface area contributed by atoms with Crippen molar-refractivity contribution in [2.45, 2.75) is 6.42 Å². The summed E-state index contributed by atoms with van der Waals surface area (Å²) in [7, 11) is 3.27. The van der Waals surface area contributed by atoms with E-state index in [1.807, 2.05) is 24.3 Å². The van der Waals surface area contributed by atoms with Crippen LogP contribution in [0.5, 0.6) is 23.0 Å². The first-order valence-electron chi connectivity index (χ1n) is 8.41. The summed E-state index contributed by atoms with van der Waals surface area (Å²) < 4.78 is 22.4. The number of amides is 1. The van der Waals surface area contributed by atoms with Gasteiger partial charge in [-0.25, -0.2) is 0 Å². The van der Waals surface area contributed by atoms with E-state index in [1.54, 1.807) is 19.1 Å². The molecule has 1 amide bonds. The SMILES string of the molecule is COc1cc2c3c(cc4cc5c(cc4c3c1OC)OCO5)N(C=O)CC2. The minimum atomic E-state index is 0.211. The maximum absolute atomic E-state index is 11.6. The Kier molecular flexibility index (Phi) is 3.16. The van der Waals surface area contributed by atoms with Gasteiger partial charge < -0.3 is 23.8 Å². The van der Waals surface area contributed by atoms with Crippen molar-refractivity contribution in [1.29, 1.82) is 0 Å². The molecule has 0 radical (unpaired) electrons. The zero-order valence-electron chi connectivity index (χ0n) is 14.5. The summed E-state index contributed by atoms with van der Waals surface area (Å²) in [6.45, 7) is 0.847. The fourth-order valence-electron chi connectivity index (χ4n) is 4.00. The van der Waals surface area contributed by atoms with Crippen LogP contribution in [-0.2, 0) is 11.2 Å². The summed E-state index contributed by atoms with van der Waals surface area (Å²) in [6.07, 6.45) is 1.64. The Labute approximate surface area is 149 Å². The highest BCUT2D eigenvalue weighted by molar-refractivity contribution is 6.19. The van der Waals surface area contributed by atoms with Crippen LogP contribution in [0.2, 0.25) is 0 Å². The molecule has 0 saturated heterocycles. The van der Waals surface area contributed by atoms with Gasteiger partial charge in [-0.3, -0.25) is 4.79 Å². The summed E-state index contributed by atoms with van der Waals surface area (Å²) in [6, 6.07) is 7.96. The van der Waals surface area contributed by atoms with Gasteiger partial charge in [-0.1, -0.05) is 0 Å². The maximum atomic E-state index is 11.6. The van der Waals surface area contributed by atoms with Crippen molar-refractivity contribution in [2.24, 2.45) is 0 Å². The number of hydrogen-bond acceptors (Lipinski definition) is 5. The molecule has 5 rings (SSSR count). The summed E-state index contributed by atoms with van der Waals surface area (Å²) >= 11 is 0. The van der Waals surface area contributed by atoms with Crippen LogP contribution < -0.4 is 23.8 Å². The fraction of sp³-hybridized carbons (Fsp3) is 0.250. The normalized spacial score (nSPS) is 14.8. The first kappa shape index (κ1) is 15.1. The van der Waals surface area contributed by atoms with E-state index in [0.717, 1.165) is 45.6 Å². The van der Waals surface area contributed by atoms with Crippen molar-refractivity contribution in [2.75, 3.05) is 32.5 Å². The summed E-state index contributed by atoms with van der Waals surface area (Å²) in [5.41, 5.74) is 2.02. The van der Waals surface area contributed by atoms with E-state index in [2.05, 4.69) is 0 Å². The number of fused-ring (bicyclic) bond motifs is 3. The number of hydrogen-bond donors (Lipinski definition) is 0. The summed E-state index contributed by atoms with van der Waals surface area (Å²) in [5, 5.41) is 3.90. The molecule has 26 heavy (non-hydrogen) atoms. The van der Waals surface area contributed by atoms with Gasteiger partial charge in [-0.15, -0.1) is 0 Å². The lowest BCUT2D eigenvalue weighted by atomic mass is 9.91. The predicted molar refractivity (Wildman–Crippen MR) is 97.8 cm³/mol. The van der Waals surface area contributed by atoms with Gasteiger partial charge in [0, 0.05) is 17.3 Å². The molecule has 0 bridgehead atoms. The molecule has 3 aromatic carbocycles. The van der Waals surface area contributed by atoms with Crippen LogP contribution in [0.1, 0.15) is 5.56 Å². The Balaban J connectivity index is 2.01.